The third kappa shape index (κ3) is 10.6. The summed E-state index contributed by atoms with van der Waals surface area (Å²) < 4.78 is 98.5. The molecular weight excluding hydrogens is 1210 g/mol. The average Bonchev–Trinajstić information content (AvgIpc) is 1.52. The van der Waals surface area contributed by atoms with Gasteiger partial charge in [0, 0.05) is 77.2 Å². The van der Waals surface area contributed by atoms with E-state index in [1.807, 2.05) is 276 Å². The number of hydrogen-bond acceptors (Lipinski definition) is 5. The summed E-state index contributed by atoms with van der Waals surface area (Å²) >= 11 is 0. The van der Waals surface area contributed by atoms with Crippen LogP contribution in [0.2, 0.25) is 0 Å². The summed E-state index contributed by atoms with van der Waals surface area (Å²) in [7, 11) is 0. The number of aromatic nitrogens is 6. The highest BCUT2D eigenvalue weighted by Crippen LogP contribution is 2.49. The molecule has 0 radical (unpaired) electrons. The zero-order chi connectivity index (χ0) is 65.2. The minimum atomic E-state index is -5.31. The van der Waals surface area contributed by atoms with Crippen LogP contribution in [0.5, 0.6) is 0 Å². The van der Waals surface area contributed by atoms with Crippen LogP contribution in [0.1, 0.15) is 16.7 Å². The summed E-state index contributed by atoms with van der Waals surface area (Å²) in [5.74, 6) is 0. The van der Waals surface area contributed by atoms with Crippen LogP contribution in [-0.2, 0) is 12.4 Å². The maximum absolute atomic E-state index is 15.8. The fourth-order valence-electron chi connectivity index (χ4n) is 13.2. The van der Waals surface area contributed by atoms with E-state index in [-0.39, 0.29) is 11.4 Å². The van der Waals surface area contributed by atoms with Gasteiger partial charge in [-0.3, -0.25) is 0 Å². The molecule has 0 amide bonds. The van der Waals surface area contributed by atoms with E-state index in [0.29, 0.717) is 101 Å². The number of benzene rings is 10. The number of nitrogens with zero attached hydrogens (tertiary/aromatic N) is 7. The Morgan fingerprint density at radius 2 is 0.531 bits per heavy atom. The predicted octanol–water partition coefficient (Wildman–Crippen LogP) is 22.4. The number of fused-ring (bicyclic) bond motifs is 6. The molecule has 0 N–H and O–H groups in total. The molecule has 16 aromatic rings. The van der Waals surface area contributed by atoms with Gasteiger partial charge in [-0.05, 0) is 97.1 Å². The first-order valence-corrected chi connectivity index (χ1v) is 31.0. The van der Waals surface area contributed by atoms with Crippen LogP contribution in [0.4, 0.5) is 26.3 Å². The quantitative estimate of drug-likeness (QED) is 0.120. The Hall–Kier alpha value is -12.5. The monoisotopic (exact) mass is 1260 g/mol. The lowest BCUT2D eigenvalue weighted by molar-refractivity contribution is -0.142. The van der Waals surface area contributed by atoms with Gasteiger partial charge in [0.15, 0.2) is 0 Å². The van der Waals surface area contributed by atoms with E-state index in [0.717, 1.165) is 50.5 Å². The van der Waals surface area contributed by atoms with E-state index in [1.165, 1.54) is 12.1 Å². The molecule has 0 fully saturated rings. The van der Waals surface area contributed by atoms with Gasteiger partial charge in [-0.1, -0.05) is 200 Å². The Labute approximate surface area is 546 Å². The zero-order valence-electron chi connectivity index (χ0n) is 50.7. The molecule has 0 atom stereocenters. The maximum atomic E-state index is 15.8. The molecular formula is C83H49F6N7. The van der Waals surface area contributed by atoms with Crippen molar-refractivity contribution in [3.8, 4) is 119 Å². The lowest BCUT2D eigenvalue weighted by Crippen LogP contribution is -2.15. The number of hydrogen-bond donors (Lipinski definition) is 0. The van der Waals surface area contributed by atoms with Crippen LogP contribution in [0.25, 0.3) is 156 Å². The number of rotatable bonds is 11. The van der Waals surface area contributed by atoms with Crippen molar-refractivity contribution in [1.82, 2.24) is 29.1 Å². The van der Waals surface area contributed by atoms with Gasteiger partial charge >= 0.3 is 12.4 Å². The lowest BCUT2D eigenvalue weighted by atomic mass is 9.89. The average molecular weight is 1260 g/mol. The van der Waals surface area contributed by atoms with Crippen molar-refractivity contribution in [2.45, 2.75) is 12.4 Å². The highest BCUT2D eigenvalue weighted by molar-refractivity contribution is 6.14. The van der Waals surface area contributed by atoms with Crippen LogP contribution in [0.15, 0.2) is 297 Å². The summed E-state index contributed by atoms with van der Waals surface area (Å²) in [5, 5.41) is 14.5. The van der Waals surface area contributed by atoms with Crippen molar-refractivity contribution in [2.24, 2.45) is 0 Å². The number of nitriles is 1. The van der Waals surface area contributed by atoms with Crippen LogP contribution in [0.3, 0.4) is 0 Å². The van der Waals surface area contributed by atoms with Crippen molar-refractivity contribution in [3.05, 3.63) is 314 Å². The molecule has 0 unspecified atom stereocenters. The molecule has 0 aliphatic rings. The van der Waals surface area contributed by atoms with Crippen molar-refractivity contribution in [1.29, 1.82) is 5.26 Å². The summed E-state index contributed by atoms with van der Waals surface area (Å²) in [6.07, 6.45) is -10.6. The van der Waals surface area contributed by atoms with Crippen molar-refractivity contribution >= 4 is 43.6 Å². The molecule has 13 heteroatoms. The van der Waals surface area contributed by atoms with E-state index < -0.39 is 40.2 Å². The Morgan fingerprint density at radius 1 is 0.271 bits per heavy atom. The van der Waals surface area contributed by atoms with Gasteiger partial charge in [-0.25, -0.2) is 19.9 Å². The predicted molar refractivity (Wildman–Crippen MR) is 370 cm³/mol. The van der Waals surface area contributed by atoms with Gasteiger partial charge < -0.3 is 9.13 Å². The normalized spacial score (nSPS) is 11.8. The summed E-state index contributed by atoms with van der Waals surface area (Å²) in [4.78, 5) is 20.7. The van der Waals surface area contributed by atoms with Crippen LogP contribution < -0.4 is 0 Å². The molecule has 0 aliphatic carbocycles. The first-order valence-electron chi connectivity index (χ1n) is 31.0. The molecule has 458 valence electrons. The number of pyridine rings is 4. The molecule has 0 aliphatic heterocycles. The number of alkyl halides is 6. The minimum absolute atomic E-state index is 0.142. The molecule has 16 rings (SSSR count). The summed E-state index contributed by atoms with van der Waals surface area (Å²) in [6, 6.07) is 92.6. The van der Waals surface area contributed by atoms with E-state index >= 15 is 26.3 Å². The van der Waals surface area contributed by atoms with Crippen LogP contribution in [0, 0.1) is 11.3 Å². The second-order valence-electron chi connectivity index (χ2n) is 23.4. The summed E-state index contributed by atoms with van der Waals surface area (Å²) in [5.41, 5.74) is 8.95. The third-order valence-electron chi connectivity index (χ3n) is 17.7. The van der Waals surface area contributed by atoms with Crippen LogP contribution >= 0.6 is 0 Å². The Morgan fingerprint density at radius 3 is 0.802 bits per heavy atom. The third-order valence-corrected chi connectivity index (χ3v) is 17.7. The molecule has 7 nitrogen and oxygen atoms in total. The van der Waals surface area contributed by atoms with E-state index in [4.69, 9.17) is 19.9 Å². The Bertz CT molecular complexity index is 5440. The molecule has 10 aromatic carbocycles. The molecule has 0 bridgehead atoms. The lowest BCUT2D eigenvalue weighted by Gasteiger charge is -2.23. The Kier molecular flexibility index (Phi) is 14.4. The Balaban J connectivity index is 1.05. The van der Waals surface area contributed by atoms with E-state index in [2.05, 4.69) is 6.07 Å². The van der Waals surface area contributed by atoms with Crippen molar-refractivity contribution < 1.29 is 26.3 Å². The molecule has 0 saturated carbocycles. The fourth-order valence-corrected chi connectivity index (χ4v) is 13.2. The van der Waals surface area contributed by atoms with Gasteiger partial charge in [-0.15, -0.1) is 0 Å². The molecule has 6 heterocycles. The fraction of sp³-hybridized carbons (Fsp3) is 0.0241. The first kappa shape index (κ1) is 58.5. The first-order chi connectivity index (χ1) is 46.8. The largest absolute Gasteiger partial charge is 0.417 e. The van der Waals surface area contributed by atoms with Gasteiger partial charge in [0.05, 0.1) is 102 Å². The van der Waals surface area contributed by atoms with Gasteiger partial charge in [-0.2, -0.15) is 31.6 Å². The zero-order valence-corrected chi connectivity index (χ0v) is 50.7. The van der Waals surface area contributed by atoms with Crippen LogP contribution in [-0.4, -0.2) is 29.1 Å². The molecule has 96 heavy (non-hydrogen) atoms. The second-order valence-corrected chi connectivity index (χ2v) is 23.4. The van der Waals surface area contributed by atoms with E-state index in [1.54, 1.807) is 0 Å². The highest BCUT2D eigenvalue weighted by Gasteiger charge is 2.42. The molecule has 6 aromatic heterocycles. The van der Waals surface area contributed by atoms with Gasteiger partial charge in [0.25, 0.3) is 0 Å². The SMILES string of the molecule is N#Cc1cc(-n2c3cc(-c4cccc(-c5ccccc5)n4)ccc3c3ccc(-c4cccc(-c5ccccc5)n4)cc32)c(-n2c3cc(-c4cccc(-c5ccccc5)n4)ccc3c3ccc(-c4cccc(-c5ccccc5)n4)cc32)cc1-c1c(C(F)(F)F)cccc1C(F)(F)F. The smallest absolute Gasteiger partial charge is 0.307 e. The van der Waals surface area contributed by atoms with Crippen molar-refractivity contribution in [2.75, 3.05) is 0 Å². The molecule has 0 spiro atoms. The van der Waals surface area contributed by atoms with Crippen molar-refractivity contribution in [3.63, 3.8) is 0 Å². The number of halogens is 6. The molecule has 0 saturated heterocycles. The minimum Gasteiger partial charge on any atom is -0.307 e. The van der Waals surface area contributed by atoms with Gasteiger partial charge in [0.1, 0.15) is 0 Å². The highest BCUT2D eigenvalue weighted by atomic mass is 19.4. The standard InChI is InChI=1S/C83H49F6N7/c84-82(85,86)65-26-13-27-66(83(87,88)89)81(65)64-49-80(96-77-46-57(73-34-16-30-69(93-73)53-22-9-3-10-23-53)38-42-62(77)63-43-39-58(47-78(63)96)74-35-17-31-70(94-74)54-24-11-4-12-25-54)79(48-59(64)50-90)95-75-44-55(71-32-14-28-67(91-71)51-18-5-1-6-19-51)36-40-60(75)61-41-37-56(45-76(61)95)72-33-15-29-68(92-72)52-20-7-2-8-21-52/h1-49H. The topological polar surface area (TPSA) is 85.2 Å². The second kappa shape index (κ2) is 23.5. The maximum Gasteiger partial charge on any atom is 0.417 e. The van der Waals surface area contributed by atoms with E-state index in [9.17, 15) is 5.26 Å². The van der Waals surface area contributed by atoms with Gasteiger partial charge in [0.2, 0.25) is 0 Å². The summed E-state index contributed by atoms with van der Waals surface area (Å²) in [6.45, 7) is 0.